The Labute approximate surface area is 170 Å². The van der Waals surface area contributed by atoms with Gasteiger partial charge in [-0.25, -0.2) is 4.99 Å². The van der Waals surface area contributed by atoms with Gasteiger partial charge >= 0.3 is 0 Å². The normalized spacial score (nSPS) is 12.7. The number of aliphatic hydroxyl groups is 1. The molecule has 0 bridgehead atoms. The summed E-state index contributed by atoms with van der Waals surface area (Å²) >= 11 is 0. The van der Waals surface area contributed by atoms with Crippen LogP contribution in [0.15, 0.2) is 23.2 Å². The van der Waals surface area contributed by atoms with Crippen LogP contribution in [0.2, 0.25) is 0 Å². The summed E-state index contributed by atoms with van der Waals surface area (Å²) < 4.78 is 0. The molecule has 3 N–H and O–H groups in total. The number of aryl methyl sites for hydroxylation is 2. The van der Waals surface area contributed by atoms with Crippen LogP contribution in [0.1, 0.15) is 50.3 Å². The quantitative estimate of drug-likeness (QED) is 0.296. The van der Waals surface area contributed by atoms with E-state index in [1.54, 1.807) is 0 Å². The molecule has 1 atom stereocenters. The van der Waals surface area contributed by atoms with Crippen molar-refractivity contribution in [2.24, 2.45) is 16.8 Å². The van der Waals surface area contributed by atoms with Crippen molar-refractivity contribution in [3.05, 3.63) is 34.9 Å². The molecule has 0 fully saturated rings. The van der Waals surface area contributed by atoms with Gasteiger partial charge in [0, 0.05) is 19.7 Å². The summed E-state index contributed by atoms with van der Waals surface area (Å²) in [7, 11) is 0. The third-order valence-corrected chi connectivity index (χ3v) is 4.15. The minimum Gasteiger partial charge on any atom is -0.396 e. The fourth-order valence-corrected chi connectivity index (χ4v) is 2.92. The van der Waals surface area contributed by atoms with Gasteiger partial charge in [-0.1, -0.05) is 37.6 Å². The lowest BCUT2D eigenvalue weighted by atomic mass is 9.94. The van der Waals surface area contributed by atoms with Gasteiger partial charge in [0.2, 0.25) is 0 Å². The van der Waals surface area contributed by atoms with Crippen molar-refractivity contribution < 1.29 is 5.11 Å². The number of rotatable bonds is 9. The molecule has 0 aromatic heterocycles. The zero-order valence-corrected chi connectivity index (χ0v) is 18.8. The summed E-state index contributed by atoms with van der Waals surface area (Å²) in [4.78, 5) is 4.72. The van der Waals surface area contributed by atoms with E-state index < -0.39 is 0 Å². The van der Waals surface area contributed by atoms with E-state index in [-0.39, 0.29) is 30.6 Å². The summed E-state index contributed by atoms with van der Waals surface area (Å²) in [5.41, 5.74) is 3.82. The minimum absolute atomic E-state index is 0. The van der Waals surface area contributed by atoms with E-state index in [9.17, 15) is 5.11 Å². The second kappa shape index (κ2) is 13.4. The highest BCUT2D eigenvalue weighted by atomic mass is 127. The van der Waals surface area contributed by atoms with E-state index in [1.165, 1.54) is 16.7 Å². The first kappa shape index (κ1) is 24.2. The third kappa shape index (κ3) is 10.0. The Hall–Kier alpha value is -0.820. The van der Waals surface area contributed by atoms with Gasteiger partial charge in [-0.3, -0.25) is 0 Å². The lowest BCUT2D eigenvalue weighted by molar-refractivity contribution is 0.243. The number of benzene rings is 1. The van der Waals surface area contributed by atoms with Crippen LogP contribution in [0, 0.1) is 25.7 Å². The summed E-state index contributed by atoms with van der Waals surface area (Å²) in [6.45, 7) is 13.4. The SMILES string of the molecule is CCNC(=NCc1ccc(C)cc1C)NCC(CCO)CC(C)C.I. The highest BCUT2D eigenvalue weighted by Gasteiger charge is 2.11. The van der Waals surface area contributed by atoms with Crippen LogP contribution in [0.25, 0.3) is 0 Å². The highest BCUT2D eigenvalue weighted by molar-refractivity contribution is 14.0. The smallest absolute Gasteiger partial charge is 0.191 e. The second-order valence-corrected chi connectivity index (χ2v) is 7.01. The number of hydrogen-bond donors (Lipinski definition) is 3. The molecule has 1 unspecified atom stereocenters. The molecule has 0 radical (unpaired) electrons. The molecule has 1 aromatic rings. The number of aliphatic hydroxyl groups excluding tert-OH is 1. The Bertz CT molecular complexity index is 518. The predicted molar refractivity (Wildman–Crippen MR) is 119 cm³/mol. The molecule has 144 valence electrons. The average Bonchev–Trinajstić information content (AvgIpc) is 2.51. The second-order valence-electron chi connectivity index (χ2n) is 7.01. The van der Waals surface area contributed by atoms with E-state index in [0.29, 0.717) is 18.4 Å². The lowest BCUT2D eigenvalue weighted by Crippen LogP contribution is -2.40. The fraction of sp³-hybridized carbons (Fsp3) is 0.650. The minimum atomic E-state index is 0. The van der Waals surface area contributed by atoms with Crippen molar-refractivity contribution in [1.82, 2.24) is 10.6 Å². The topological polar surface area (TPSA) is 56.7 Å². The highest BCUT2D eigenvalue weighted by Crippen LogP contribution is 2.14. The summed E-state index contributed by atoms with van der Waals surface area (Å²) in [5.74, 6) is 1.96. The summed E-state index contributed by atoms with van der Waals surface area (Å²) in [5, 5.41) is 16.0. The van der Waals surface area contributed by atoms with Crippen LogP contribution in [0.4, 0.5) is 0 Å². The molecule has 0 amide bonds. The van der Waals surface area contributed by atoms with E-state index in [0.717, 1.165) is 31.9 Å². The Morgan fingerprint density at radius 2 is 1.92 bits per heavy atom. The van der Waals surface area contributed by atoms with Gasteiger partial charge in [0.05, 0.1) is 6.54 Å². The Kier molecular flexibility index (Phi) is 13.0. The first-order valence-electron chi connectivity index (χ1n) is 9.15. The molecular weight excluding hydrogens is 425 g/mol. The number of nitrogens with zero attached hydrogens (tertiary/aromatic N) is 1. The van der Waals surface area contributed by atoms with Gasteiger partial charge < -0.3 is 15.7 Å². The molecule has 5 heteroatoms. The summed E-state index contributed by atoms with van der Waals surface area (Å²) in [6.07, 6.45) is 1.95. The van der Waals surface area contributed by atoms with Crippen LogP contribution in [-0.4, -0.2) is 30.8 Å². The summed E-state index contributed by atoms with van der Waals surface area (Å²) in [6, 6.07) is 6.49. The van der Waals surface area contributed by atoms with Crippen LogP contribution in [0.3, 0.4) is 0 Å². The molecule has 0 aliphatic carbocycles. The van der Waals surface area contributed by atoms with Crippen molar-refractivity contribution in [3.8, 4) is 0 Å². The maximum atomic E-state index is 9.25. The van der Waals surface area contributed by atoms with Crippen LogP contribution in [-0.2, 0) is 6.54 Å². The van der Waals surface area contributed by atoms with Gasteiger partial charge in [0.1, 0.15) is 0 Å². The molecule has 0 spiro atoms. The van der Waals surface area contributed by atoms with Crippen molar-refractivity contribution in [2.45, 2.75) is 54.0 Å². The zero-order chi connectivity index (χ0) is 17.9. The monoisotopic (exact) mass is 461 g/mol. The van der Waals surface area contributed by atoms with Crippen molar-refractivity contribution >= 4 is 29.9 Å². The Balaban J connectivity index is 0.00000576. The van der Waals surface area contributed by atoms with Gasteiger partial charge in [0.25, 0.3) is 0 Å². The number of aliphatic imine (C=N–C) groups is 1. The predicted octanol–water partition coefficient (Wildman–Crippen LogP) is 4.02. The van der Waals surface area contributed by atoms with Gasteiger partial charge in [-0.05, 0) is 56.6 Å². The van der Waals surface area contributed by atoms with E-state index in [4.69, 9.17) is 4.99 Å². The molecule has 4 nitrogen and oxygen atoms in total. The standard InChI is InChI=1S/C20H35N3O.HI/c1-6-21-20(22-13-18(9-10-24)11-15(2)3)23-14-19-8-7-16(4)12-17(19)5;/h7-8,12,15,18,24H,6,9-11,13-14H2,1-5H3,(H2,21,22,23);1H. The van der Waals surface area contributed by atoms with Crippen molar-refractivity contribution in [3.63, 3.8) is 0 Å². The molecular formula is C20H36IN3O. The molecule has 0 aliphatic heterocycles. The number of nitrogens with one attached hydrogen (secondary N) is 2. The third-order valence-electron chi connectivity index (χ3n) is 4.15. The molecule has 0 saturated heterocycles. The number of guanidine groups is 1. The molecule has 0 saturated carbocycles. The van der Waals surface area contributed by atoms with Crippen LogP contribution < -0.4 is 10.6 Å². The maximum Gasteiger partial charge on any atom is 0.191 e. The first-order chi connectivity index (χ1) is 11.5. The Morgan fingerprint density at radius 1 is 1.20 bits per heavy atom. The van der Waals surface area contributed by atoms with E-state index >= 15 is 0 Å². The van der Waals surface area contributed by atoms with Crippen molar-refractivity contribution in [1.29, 1.82) is 0 Å². The average molecular weight is 461 g/mol. The van der Waals surface area contributed by atoms with Gasteiger partial charge in [-0.2, -0.15) is 0 Å². The van der Waals surface area contributed by atoms with Crippen LogP contribution in [0.5, 0.6) is 0 Å². The molecule has 25 heavy (non-hydrogen) atoms. The Morgan fingerprint density at radius 3 is 2.48 bits per heavy atom. The van der Waals surface area contributed by atoms with Gasteiger partial charge in [0.15, 0.2) is 5.96 Å². The largest absolute Gasteiger partial charge is 0.396 e. The molecule has 0 aliphatic rings. The van der Waals surface area contributed by atoms with Gasteiger partial charge in [-0.15, -0.1) is 24.0 Å². The molecule has 1 rings (SSSR count). The maximum absolute atomic E-state index is 9.25. The van der Waals surface area contributed by atoms with E-state index in [1.807, 2.05) is 0 Å². The lowest BCUT2D eigenvalue weighted by Gasteiger charge is -2.20. The first-order valence-corrected chi connectivity index (χ1v) is 9.15. The number of halogens is 1. The molecule has 0 heterocycles. The van der Waals surface area contributed by atoms with Crippen molar-refractivity contribution in [2.75, 3.05) is 19.7 Å². The zero-order valence-electron chi connectivity index (χ0n) is 16.4. The number of hydrogen-bond acceptors (Lipinski definition) is 2. The van der Waals surface area contributed by atoms with E-state index in [2.05, 4.69) is 63.5 Å². The van der Waals surface area contributed by atoms with Crippen LogP contribution >= 0.6 is 24.0 Å². The fourth-order valence-electron chi connectivity index (χ4n) is 2.92. The molecule has 1 aromatic carbocycles.